The lowest BCUT2D eigenvalue weighted by Crippen LogP contribution is -2.50. The number of piperazine rings is 1. The van der Waals surface area contributed by atoms with Gasteiger partial charge in [-0.1, -0.05) is 48.5 Å². The van der Waals surface area contributed by atoms with Gasteiger partial charge in [0.25, 0.3) is 5.91 Å². The fourth-order valence-electron chi connectivity index (χ4n) is 4.11. The van der Waals surface area contributed by atoms with Crippen molar-refractivity contribution in [2.45, 2.75) is 18.4 Å². The van der Waals surface area contributed by atoms with Crippen LogP contribution in [0.3, 0.4) is 0 Å². The molecule has 170 valence electrons. The zero-order valence-electron chi connectivity index (χ0n) is 18.2. The molecule has 0 unspecified atom stereocenters. The van der Waals surface area contributed by atoms with Gasteiger partial charge in [0, 0.05) is 31.6 Å². The first-order valence-corrected chi connectivity index (χ1v) is 13.0. The second-order valence-corrected chi connectivity index (χ2v) is 11.0. The monoisotopic (exact) mass is 480 g/mol. The van der Waals surface area contributed by atoms with Crippen LogP contribution in [0.25, 0.3) is 10.2 Å². The largest absolute Gasteiger partial charge is 0.335 e. The molecule has 0 aliphatic carbocycles. The second-order valence-electron chi connectivity index (χ2n) is 8.07. The van der Waals surface area contributed by atoms with Crippen molar-refractivity contribution < 1.29 is 13.2 Å². The predicted octanol–water partition coefficient (Wildman–Crippen LogP) is 3.60. The summed E-state index contributed by atoms with van der Waals surface area (Å²) in [7, 11) is -3.54. The lowest BCUT2D eigenvalue weighted by Gasteiger charge is -2.33. The number of aromatic nitrogens is 2. The van der Waals surface area contributed by atoms with E-state index in [1.807, 2.05) is 35.9 Å². The molecule has 0 spiro atoms. The van der Waals surface area contributed by atoms with Crippen LogP contribution in [-0.4, -0.2) is 59.5 Å². The number of fused-ring (bicyclic) bond motifs is 1. The van der Waals surface area contributed by atoms with Gasteiger partial charge < -0.3 is 4.90 Å². The number of nitrogens with zero attached hydrogens (tertiary/aromatic N) is 4. The maximum absolute atomic E-state index is 13.2. The highest BCUT2D eigenvalue weighted by atomic mass is 32.2. The Labute approximate surface area is 196 Å². The fourth-order valence-corrected chi connectivity index (χ4v) is 6.68. The summed E-state index contributed by atoms with van der Waals surface area (Å²) in [5.41, 5.74) is 2.05. The number of carbonyl (C=O) groups is 1. The quantitative estimate of drug-likeness (QED) is 0.437. The SMILES string of the molecule is Cc1nn(Cc2ccccc2)c2sc(C(=O)N3CCN(S(=O)(=O)c4ccccc4)CC3)cc12. The maximum atomic E-state index is 13.2. The van der Waals surface area contributed by atoms with Crippen LogP contribution in [0, 0.1) is 6.92 Å². The minimum Gasteiger partial charge on any atom is -0.335 e. The smallest absolute Gasteiger partial charge is 0.264 e. The summed E-state index contributed by atoms with van der Waals surface area (Å²) >= 11 is 1.45. The lowest BCUT2D eigenvalue weighted by atomic mass is 10.2. The third-order valence-corrected chi connectivity index (χ3v) is 8.95. The molecule has 1 saturated heterocycles. The van der Waals surface area contributed by atoms with Crippen molar-refractivity contribution in [3.8, 4) is 0 Å². The van der Waals surface area contributed by atoms with Crippen LogP contribution in [0.5, 0.6) is 0 Å². The molecule has 2 aromatic carbocycles. The number of sulfonamides is 1. The Morgan fingerprint density at radius 3 is 2.27 bits per heavy atom. The zero-order valence-corrected chi connectivity index (χ0v) is 19.8. The van der Waals surface area contributed by atoms with Gasteiger partial charge in [0.1, 0.15) is 4.83 Å². The minimum absolute atomic E-state index is 0.0568. The summed E-state index contributed by atoms with van der Waals surface area (Å²) < 4.78 is 29.1. The number of rotatable bonds is 5. The zero-order chi connectivity index (χ0) is 23.0. The van der Waals surface area contributed by atoms with E-state index in [0.717, 1.165) is 21.5 Å². The Balaban J connectivity index is 1.31. The van der Waals surface area contributed by atoms with Crippen molar-refractivity contribution in [3.05, 3.63) is 82.9 Å². The Morgan fingerprint density at radius 2 is 1.61 bits per heavy atom. The van der Waals surface area contributed by atoms with Gasteiger partial charge in [-0.25, -0.2) is 8.42 Å². The molecular formula is C24H24N4O3S2. The molecule has 1 aliphatic heterocycles. The summed E-state index contributed by atoms with van der Waals surface area (Å²) in [4.78, 5) is 16.9. The van der Waals surface area contributed by atoms with E-state index in [1.165, 1.54) is 15.6 Å². The van der Waals surface area contributed by atoms with Crippen LogP contribution in [-0.2, 0) is 16.6 Å². The number of thiophene rings is 1. The molecule has 5 rings (SSSR count). The minimum atomic E-state index is -3.54. The van der Waals surface area contributed by atoms with Gasteiger partial charge in [0.2, 0.25) is 10.0 Å². The van der Waals surface area contributed by atoms with Crippen molar-refractivity contribution in [1.29, 1.82) is 0 Å². The number of benzene rings is 2. The number of hydrogen-bond donors (Lipinski definition) is 0. The van der Waals surface area contributed by atoms with Crippen LogP contribution in [0.1, 0.15) is 20.9 Å². The van der Waals surface area contributed by atoms with Crippen LogP contribution >= 0.6 is 11.3 Å². The number of carbonyl (C=O) groups excluding carboxylic acids is 1. The molecular weight excluding hydrogens is 456 g/mol. The Kier molecular flexibility index (Phi) is 5.77. The maximum Gasteiger partial charge on any atom is 0.264 e. The second kappa shape index (κ2) is 8.74. The van der Waals surface area contributed by atoms with E-state index in [0.29, 0.717) is 24.5 Å². The highest BCUT2D eigenvalue weighted by molar-refractivity contribution is 7.89. The van der Waals surface area contributed by atoms with Crippen molar-refractivity contribution in [2.24, 2.45) is 0 Å². The Morgan fingerprint density at radius 1 is 0.970 bits per heavy atom. The first kappa shape index (κ1) is 21.8. The average Bonchev–Trinajstić information content (AvgIpc) is 3.41. The van der Waals surface area contributed by atoms with Crippen LogP contribution in [0.15, 0.2) is 71.6 Å². The van der Waals surface area contributed by atoms with Crippen LogP contribution in [0.4, 0.5) is 0 Å². The molecule has 0 saturated carbocycles. The Bertz CT molecular complexity index is 1390. The molecule has 0 N–H and O–H groups in total. The number of hydrogen-bond acceptors (Lipinski definition) is 5. The molecule has 2 aromatic heterocycles. The van der Waals surface area contributed by atoms with Gasteiger partial charge in [-0.15, -0.1) is 11.3 Å². The average molecular weight is 481 g/mol. The van der Waals surface area contributed by atoms with Gasteiger partial charge >= 0.3 is 0 Å². The number of aryl methyl sites for hydroxylation is 1. The van der Waals surface area contributed by atoms with E-state index < -0.39 is 10.0 Å². The van der Waals surface area contributed by atoms with E-state index >= 15 is 0 Å². The van der Waals surface area contributed by atoms with Gasteiger partial charge in [-0.2, -0.15) is 9.40 Å². The van der Waals surface area contributed by atoms with Crippen LogP contribution in [0.2, 0.25) is 0 Å². The summed E-state index contributed by atoms with van der Waals surface area (Å²) in [6, 6.07) is 20.5. The van der Waals surface area contributed by atoms with Gasteiger partial charge in [-0.3, -0.25) is 9.48 Å². The molecule has 0 bridgehead atoms. The molecule has 1 aliphatic rings. The van der Waals surface area contributed by atoms with Crippen molar-refractivity contribution in [2.75, 3.05) is 26.2 Å². The molecule has 3 heterocycles. The van der Waals surface area contributed by atoms with Crippen LogP contribution < -0.4 is 0 Å². The van der Waals surface area contributed by atoms with E-state index in [2.05, 4.69) is 17.2 Å². The third-order valence-electron chi connectivity index (χ3n) is 5.90. The first-order chi connectivity index (χ1) is 15.9. The standard InChI is InChI=1S/C24H24N4O3S2/c1-18-21-16-22(32-24(21)28(25-18)17-19-8-4-2-5-9-19)23(29)26-12-14-27(15-13-26)33(30,31)20-10-6-3-7-11-20/h2-11,16H,12-15,17H2,1H3. The summed E-state index contributed by atoms with van der Waals surface area (Å²) in [5, 5.41) is 5.64. The van der Waals surface area contributed by atoms with E-state index in [1.54, 1.807) is 35.2 Å². The predicted molar refractivity (Wildman–Crippen MR) is 129 cm³/mol. The Hall–Kier alpha value is -3.01. The third kappa shape index (κ3) is 4.19. The molecule has 1 fully saturated rings. The summed E-state index contributed by atoms with van der Waals surface area (Å²) in [6.07, 6.45) is 0. The fraction of sp³-hybridized carbons (Fsp3) is 0.250. The van der Waals surface area contributed by atoms with E-state index in [4.69, 9.17) is 0 Å². The molecule has 0 radical (unpaired) electrons. The highest BCUT2D eigenvalue weighted by Crippen LogP contribution is 2.30. The van der Waals surface area contributed by atoms with Gasteiger partial charge in [-0.05, 0) is 30.7 Å². The van der Waals surface area contributed by atoms with Crippen molar-refractivity contribution in [1.82, 2.24) is 19.0 Å². The topological polar surface area (TPSA) is 75.5 Å². The van der Waals surface area contributed by atoms with Gasteiger partial charge in [0.15, 0.2) is 0 Å². The molecule has 7 nitrogen and oxygen atoms in total. The van der Waals surface area contributed by atoms with Gasteiger partial charge in [0.05, 0.1) is 22.0 Å². The highest BCUT2D eigenvalue weighted by Gasteiger charge is 2.31. The van der Waals surface area contributed by atoms with Crippen molar-refractivity contribution in [3.63, 3.8) is 0 Å². The first-order valence-electron chi connectivity index (χ1n) is 10.8. The molecule has 9 heteroatoms. The van der Waals surface area contributed by atoms with Crippen molar-refractivity contribution >= 4 is 37.5 Å². The molecule has 0 atom stereocenters. The van der Waals surface area contributed by atoms with E-state index in [9.17, 15) is 13.2 Å². The molecule has 4 aromatic rings. The number of amides is 1. The summed E-state index contributed by atoms with van der Waals surface area (Å²) in [6.45, 7) is 3.92. The van der Waals surface area contributed by atoms with E-state index in [-0.39, 0.29) is 23.9 Å². The normalized spacial score (nSPS) is 15.2. The summed E-state index contributed by atoms with van der Waals surface area (Å²) in [5.74, 6) is -0.0568. The molecule has 1 amide bonds. The lowest BCUT2D eigenvalue weighted by molar-refractivity contribution is 0.0703. The molecule has 33 heavy (non-hydrogen) atoms.